The predicted octanol–water partition coefficient (Wildman–Crippen LogP) is 0.442. The maximum absolute atomic E-state index is 5.67. The van der Waals surface area contributed by atoms with Gasteiger partial charge in [0.25, 0.3) is 0 Å². The molecule has 1 spiro atoms. The van der Waals surface area contributed by atoms with Crippen molar-refractivity contribution in [2.75, 3.05) is 13.2 Å². The molecule has 0 bridgehead atoms. The standard InChI is InChI=1S/C8H15NO.H2O/c1-2-4-8(5-3-1)9-6-7-10-8;/h9H,1-7H2;1H2. The van der Waals surface area contributed by atoms with Crippen LogP contribution in [0.4, 0.5) is 0 Å². The molecule has 1 aliphatic carbocycles. The zero-order valence-electron chi connectivity index (χ0n) is 6.86. The van der Waals surface area contributed by atoms with E-state index in [1.807, 2.05) is 0 Å². The molecule has 0 aromatic carbocycles. The van der Waals surface area contributed by atoms with Crippen molar-refractivity contribution >= 4 is 0 Å². The Labute approximate surface area is 67.4 Å². The lowest BCUT2D eigenvalue weighted by molar-refractivity contribution is -0.0383. The molecule has 2 fully saturated rings. The Bertz CT molecular complexity index is 113. The average molecular weight is 159 g/mol. The van der Waals surface area contributed by atoms with Crippen LogP contribution in [0.3, 0.4) is 0 Å². The molecule has 1 heterocycles. The first-order valence-electron chi connectivity index (χ1n) is 4.30. The molecule has 1 saturated heterocycles. The molecular formula is C8H17NO2. The van der Waals surface area contributed by atoms with Gasteiger partial charge in [0.2, 0.25) is 0 Å². The molecule has 3 N–H and O–H groups in total. The van der Waals surface area contributed by atoms with Crippen molar-refractivity contribution in [1.29, 1.82) is 0 Å². The van der Waals surface area contributed by atoms with E-state index in [0.29, 0.717) is 0 Å². The highest BCUT2D eigenvalue weighted by atomic mass is 16.5. The van der Waals surface area contributed by atoms with Gasteiger partial charge in [-0.3, -0.25) is 5.32 Å². The summed E-state index contributed by atoms with van der Waals surface area (Å²) in [5.41, 5.74) is 0.123. The summed E-state index contributed by atoms with van der Waals surface area (Å²) in [6.07, 6.45) is 6.53. The molecule has 66 valence electrons. The highest BCUT2D eigenvalue weighted by Crippen LogP contribution is 2.30. The van der Waals surface area contributed by atoms with Crippen LogP contribution in [0, 0.1) is 0 Å². The van der Waals surface area contributed by atoms with E-state index in [-0.39, 0.29) is 11.2 Å². The Balaban J connectivity index is 0.000000605. The Hall–Kier alpha value is -0.120. The monoisotopic (exact) mass is 159 g/mol. The minimum atomic E-state index is 0. The first-order chi connectivity index (χ1) is 4.91. The minimum Gasteiger partial charge on any atom is -0.412 e. The first kappa shape index (κ1) is 8.97. The topological polar surface area (TPSA) is 52.8 Å². The number of rotatable bonds is 0. The van der Waals surface area contributed by atoms with Crippen LogP contribution >= 0.6 is 0 Å². The minimum absolute atomic E-state index is 0. The third-order valence-corrected chi connectivity index (χ3v) is 2.59. The second-order valence-electron chi connectivity index (χ2n) is 3.33. The third-order valence-electron chi connectivity index (χ3n) is 2.59. The summed E-state index contributed by atoms with van der Waals surface area (Å²) >= 11 is 0. The molecule has 0 radical (unpaired) electrons. The summed E-state index contributed by atoms with van der Waals surface area (Å²) in [5.74, 6) is 0. The number of nitrogens with one attached hydrogen (secondary N) is 1. The largest absolute Gasteiger partial charge is 0.412 e. The molecule has 0 aromatic rings. The Morgan fingerprint density at radius 3 is 2.36 bits per heavy atom. The van der Waals surface area contributed by atoms with E-state index < -0.39 is 0 Å². The first-order valence-corrected chi connectivity index (χ1v) is 4.30. The van der Waals surface area contributed by atoms with E-state index in [0.717, 1.165) is 13.2 Å². The number of ether oxygens (including phenoxy) is 1. The van der Waals surface area contributed by atoms with Crippen molar-refractivity contribution in [3.63, 3.8) is 0 Å². The molecule has 3 heteroatoms. The van der Waals surface area contributed by atoms with Gasteiger partial charge in [0.05, 0.1) is 6.61 Å². The lowest BCUT2D eigenvalue weighted by Gasteiger charge is -2.32. The van der Waals surface area contributed by atoms with Crippen LogP contribution in [0.2, 0.25) is 0 Å². The highest BCUT2D eigenvalue weighted by Gasteiger charge is 2.35. The third kappa shape index (κ3) is 1.72. The fourth-order valence-electron chi connectivity index (χ4n) is 2.02. The molecule has 1 aliphatic heterocycles. The molecule has 2 aliphatic rings. The smallest absolute Gasteiger partial charge is 0.119 e. The lowest BCUT2D eigenvalue weighted by atomic mass is 9.92. The summed E-state index contributed by atoms with van der Waals surface area (Å²) in [6.45, 7) is 1.97. The SMILES string of the molecule is C1CCC2(CC1)NCCO2.O. The fraction of sp³-hybridized carbons (Fsp3) is 1.00. The second-order valence-corrected chi connectivity index (χ2v) is 3.33. The maximum atomic E-state index is 5.67. The zero-order chi connectivity index (χ0) is 6.86. The summed E-state index contributed by atoms with van der Waals surface area (Å²) in [7, 11) is 0. The van der Waals surface area contributed by atoms with Crippen LogP contribution in [0.25, 0.3) is 0 Å². The van der Waals surface area contributed by atoms with Crippen molar-refractivity contribution in [2.24, 2.45) is 0 Å². The lowest BCUT2D eigenvalue weighted by Crippen LogP contribution is -2.42. The van der Waals surface area contributed by atoms with Crippen molar-refractivity contribution in [1.82, 2.24) is 5.32 Å². The van der Waals surface area contributed by atoms with Crippen molar-refractivity contribution in [2.45, 2.75) is 37.8 Å². The van der Waals surface area contributed by atoms with E-state index in [2.05, 4.69) is 5.32 Å². The molecule has 0 aromatic heterocycles. The molecular weight excluding hydrogens is 142 g/mol. The highest BCUT2D eigenvalue weighted by molar-refractivity contribution is 4.85. The van der Waals surface area contributed by atoms with Gasteiger partial charge in [0.15, 0.2) is 0 Å². The van der Waals surface area contributed by atoms with Crippen LogP contribution in [-0.2, 0) is 4.74 Å². The van der Waals surface area contributed by atoms with Gasteiger partial charge in [-0.2, -0.15) is 0 Å². The van der Waals surface area contributed by atoms with E-state index in [9.17, 15) is 0 Å². The van der Waals surface area contributed by atoms with Crippen molar-refractivity contribution in [3.8, 4) is 0 Å². The predicted molar refractivity (Wildman–Crippen MR) is 43.4 cm³/mol. The molecule has 0 unspecified atom stereocenters. The maximum Gasteiger partial charge on any atom is 0.119 e. The van der Waals surface area contributed by atoms with Gasteiger partial charge in [-0.15, -0.1) is 0 Å². The molecule has 0 atom stereocenters. The summed E-state index contributed by atoms with van der Waals surface area (Å²) < 4.78 is 5.67. The van der Waals surface area contributed by atoms with E-state index >= 15 is 0 Å². The normalized spacial score (nSPS) is 28.4. The molecule has 1 saturated carbocycles. The van der Waals surface area contributed by atoms with Crippen LogP contribution in [0.15, 0.2) is 0 Å². The van der Waals surface area contributed by atoms with Gasteiger partial charge in [-0.25, -0.2) is 0 Å². The van der Waals surface area contributed by atoms with Gasteiger partial charge in [-0.05, 0) is 25.7 Å². The molecule has 0 amide bonds. The van der Waals surface area contributed by atoms with Gasteiger partial charge < -0.3 is 10.2 Å². The number of hydrogen-bond donors (Lipinski definition) is 1. The van der Waals surface area contributed by atoms with Gasteiger partial charge >= 0.3 is 0 Å². The summed E-state index contributed by atoms with van der Waals surface area (Å²) in [5, 5.41) is 3.45. The van der Waals surface area contributed by atoms with Gasteiger partial charge in [0, 0.05) is 6.54 Å². The van der Waals surface area contributed by atoms with Crippen molar-refractivity contribution in [3.05, 3.63) is 0 Å². The van der Waals surface area contributed by atoms with Crippen LogP contribution in [0.5, 0.6) is 0 Å². The fourth-order valence-corrected chi connectivity index (χ4v) is 2.02. The summed E-state index contributed by atoms with van der Waals surface area (Å²) in [6, 6.07) is 0. The van der Waals surface area contributed by atoms with E-state index in [1.165, 1.54) is 32.1 Å². The molecule has 2 rings (SSSR count). The van der Waals surface area contributed by atoms with Crippen LogP contribution < -0.4 is 5.32 Å². The van der Waals surface area contributed by atoms with Gasteiger partial charge in [-0.1, -0.05) is 6.42 Å². The molecule has 3 nitrogen and oxygen atoms in total. The Morgan fingerprint density at radius 2 is 1.82 bits per heavy atom. The number of hydrogen-bond acceptors (Lipinski definition) is 2. The zero-order valence-corrected chi connectivity index (χ0v) is 6.86. The van der Waals surface area contributed by atoms with Crippen LogP contribution in [-0.4, -0.2) is 24.4 Å². The quantitative estimate of drug-likeness (QED) is 0.557. The van der Waals surface area contributed by atoms with Crippen LogP contribution in [0.1, 0.15) is 32.1 Å². The van der Waals surface area contributed by atoms with Crippen molar-refractivity contribution < 1.29 is 10.2 Å². The molecule has 11 heavy (non-hydrogen) atoms. The Kier molecular flexibility index (Phi) is 2.87. The second kappa shape index (κ2) is 3.52. The van der Waals surface area contributed by atoms with E-state index in [1.54, 1.807) is 0 Å². The summed E-state index contributed by atoms with van der Waals surface area (Å²) in [4.78, 5) is 0. The Morgan fingerprint density at radius 1 is 1.09 bits per heavy atom. The average Bonchev–Trinajstić information content (AvgIpc) is 2.39. The van der Waals surface area contributed by atoms with E-state index in [4.69, 9.17) is 4.74 Å². The van der Waals surface area contributed by atoms with Gasteiger partial charge in [0.1, 0.15) is 5.72 Å².